The first kappa shape index (κ1) is 33.6. The van der Waals surface area contributed by atoms with Crippen LogP contribution in [0.2, 0.25) is 0 Å². The minimum atomic E-state index is -4.17. The minimum absolute atomic E-state index is 0.0199. The molecule has 0 spiro atoms. The maximum absolute atomic E-state index is 13.7. The first-order valence-electron chi connectivity index (χ1n) is 13.2. The Hall–Kier alpha value is -4.89. The lowest BCUT2D eigenvalue weighted by atomic mass is 9.89. The summed E-state index contributed by atoms with van der Waals surface area (Å²) >= 11 is 0. The molecule has 1 heterocycles. The van der Waals surface area contributed by atoms with E-state index < -0.39 is 32.7 Å². The van der Waals surface area contributed by atoms with Crippen LogP contribution in [0, 0.1) is 21.8 Å². The van der Waals surface area contributed by atoms with Gasteiger partial charge in [-0.05, 0) is 68.4 Å². The largest absolute Gasteiger partial charge is 0.495 e. The number of rotatable bonds is 10. The van der Waals surface area contributed by atoms with Crippen molar-refractivity contribution in [3.8, 4) is 5.75 Å². The smallest absolute Gasteiger partial charge is 0.414 e. The van der Waals surface area contributed by atoms with Crippen LogP contribution >= 0.6 is 0 Å². The van der Waals surface area contributed by atoms with Crippen molar-refractivity contribution < 1.29 is 47.1 Å². The fourth-order valence-corrected chi connectivity index (χ4v) is 6.10. The number of nitro benzene ring substituents is 1. The molecule has 0 bridgehead atoms. The molecule has 2 N–H and O–H groups in total. The number of halogens is 1. The molecule has 13 nitrogen and oxygen atoms in total. The fourth-order valence-electron chi connectivity index (χ4n) is 4.59. The number of nitro groups is 1. The number of ether oxygens (including phenoxy) is 1. The predicted molar refractivity (Wildman–Crippen MR) is 156 cm³/mol. The van der Waals surface area contributed by atoms with Crippen LogP contribution in [0.1, 0.15) is 23.2 Å². The Morgan fingerprint density at radius 1 is 1.00 bits per heavy atom. The van der Waals surface area contributed by atoms with E-state index in [9.17, 15) is 27.7 Å². The Bertz CT molecular complexity index is 1600. The molecule has 1 fully saturated rings. The van der Waals surface area contributed by atoms with Crippen LogP contribution in [0.4, 0.5) is 15.8 Å². The topological polar surface area (TPSA) is 185 Å². The second kappa shape index (κ2) is 15.0. The van der Waals surface area contributed by atoms with Gasteiger partial charge >= 0.3 is 11.9 Å². The van der Waals surface area contributed by atoms with Gasteiger partial charge in [0.15, 0.2) is 5.78 Å². The molecule has 0 amide bonds. The van der Waals surface area contributed by atoms with E-state index in [1.807, 2.05) is 0 Å². The maximum Gasteiger partial charge on any atom is 0.414 e. The number of nitrogens with zero attached hydrogens (tertiary/aromatic N) is 3. The number of carbonyl (C=O) groups excluding carboxylic acids is 1. The third-order valence-electron chi connectivity index (χ3n) is 6.86. The highest BCUT2D eigenvalue weighted by atomic mass is 32.2. The average molecular weight is 632 g/mol. The van der Waals surface area contributed by atoms with Gasteiger partial charge in [-0.1, -0.05) is 18.2 Å². The number of benzene rings is 3. The number of aliphatic carboxylic acids is 2. The zero-order valence-corrected chi connectivity index (χ0v) is 24.4. The SMILES string of the molecule is COc1ccccc1N(CCN1CCC(C(=O)c2ccc(F)cc2)CC1)S(=O)(=O)c1cccc([N+](=O)[O-])c1.O=C(O)C(=O)O. The molecule has 0 aromatic heterocycles. The maximum atomic E-state index is 13.7. The molecule has 1 saturated heterocycles. The average Bonchev–Trinajstić information content (AvgIpc) is 3.02. The van der Waals surface area contributed by atoms with E-state index in [-0.39, 0.29) is 28.8 Å². The van der Waals surface area contributed by atoms with Crippen molar-refractivity contribution in [2.45, 2.75) is 17.7 Å². The summed E-state index contributed by atoms with van der Waals surface area (Å²) in [6.07, 6.45) is 1.20. The molecule has 234 valence electrons. The normalized spacial score (nSPS) is 13.7. The van der Waals surface area contributed by atoms with Crippen molar-refractivity contribution in [1.82, 2.24) is 4.90 Å². The van der Waals surface area contributed by atoms with Gasteiger partial charge in [-0.15, -0.1) is 0 Å². The molecule has 15 heteroatoms. The summed E-state index contributed by atoms with van der Waals surface area (Å²) in [4.78, 5) is 43.5. The molecular formula is C29H30FN3O10S. The van der Waals surface area contributed by atoms with Gasteiger partial charge < -0.3 is 19.8 Å². The molecule has 1 aliphatic rings. The lowest BCUT2D eigenvalue weighted by Crippen LogP contribution is -2.43. The lowest BCUT2D eigenvalue weighted by Gasteiger charge is -2.33. The molecule has 0 aliphatic carbocycles. The van der Waals surface area contributed by atoms with Crippen LogP contribution in [0.5, 0.6) is 5.75 Å². The van der Waals surface area contributed by atoms with E-state index >= 15 is 0 Å². The van der Waals surface area contributed by atoms with Gasteiger partial charge in [-0.3, -0.25) is 19.2 Å². The highest BCUT2D eigenvalue weighted by molar-refractivity contribution is 7.92. The summed E-state index contributed by atoms with van der Waals surface area (Å²) in [6, 6.07) is 17.2. The Balaban J connectivity index is 0.000000801. The van der Waals surface area contributed by atoms with Crippen molar-refractivity contribution in [3.05, 3.63) is 94.3 Å². The summed E-state index contributed by atoms with van der Waals surface area (Å²) in [5.74, 6) is -3.89. The van der Waals surface area contributed by atoms with Gasteiger partial charge in [0.2, 0.25) is 0 Å². The fraction of sp³-hybridized carbons (Fsp3) is 0.276. The number of hydrogen-bond acceptors (Lipinski definition) is 9. The molecule has 4 rings (SSSR count). The minimum Gasteiger partial charge on any atom is -0.495 e. The number of para-hydroxylation sites is 2. The monoisotopic (exact) mass is 631 g/mol. The molecule has 3 aromatic rings. The summed E-state index contributed by atoms with van der Waals surface area (Å²) in [5.41, 5.74) is 0.483. The lowest BCUT2D eigenvalue weighted by molar-refractivity contribution is -0.385. The predicted octanol–water partition coefficient (Wildman–Crippen LogP) is 3.69. The molecule has 3 aromatic carbocycles. The third-order valence-corrected chi connectivity index (χ3v) is 8.67. The van der Waals surface area contributed by atoms with Crippen LogP contribution < -0.4 is 9.04 Å². The van der Waals surface area contributed by atoms with E-state index in [4.69, 9.17) is 24.5 Å². The Kier molecular flexibility index (Phi) is 11.5. The number of hydrogen-bond donors (Lipinski definition) is 2. The number of anilines is 1. The van der Waals surface area contributed by atoms with Gasteiger partial charge in [0, 0.05) is 36.7 Å². The molecule has 0 atom stereocenters. The van der Waals surface area contributed by atoms with E-state index in [0.29, 0.717) is 49.5 Å². The summed E-state index contributed by atoms with van der Waals surface area (Å²) in [7, 11) is -2.73. The molecule has 0 radical (unpaired) electrons. The van der Waals surface area contributed by atoms with E-state index in [1.54, 1.807) is 24.3 Å². The highest BCUT2D eigenvalue weighted by Gasteiger charge is 2.31. The van der Waals surface area contributed by atoms with Crippen LogP contribution in [0.15, 0.2) is 77.7 Å². The van der Waals surface area contributed by atoms with Crippen molar-refractivity contribution in [3.63, 3.8) is 0 Å². The van der Waals surface area contributed by atoms with Gasteiger partial charge in [0.25, 0.3) is 15.7 Å². The standard InChI is InChI=1S/C27H28FN3O6S.C2H2O4/c1-37-26-8-3-2-7-25(26)30(38(35,36)24-6-4-5-23(19-24)31(33)34)18-17-29-15-13-21(14-16-29)27(32)20-9-11-22(28)12-10-20;3-1(4)2(5)6/h2-12,19,21H,13-18H2,1H3;(H,3,4)(H,5,6). The highest BCUT2D eigenvalue weighted by Crippen LogP contribution is 2.33. The first-order valence-corrected chi connectivity index (χ1v) is 14.7. The molecule has 44 heavy (non-hydrogen) atoms. The number of Topliss-reactive ketones (excluding diaryl/α,β-unsaturated/α-hetero) is 1. The number of likely N-dealkylation sites (tertiary alicyclic amines) is 1. The van der Waals surface area contributed by atoms with Crippen LogP contribution in [-0.2, 0) is 19.6 Å². The van der Waals surface area contributed by atoms with Crippen molar-refractivity contribution in [1.29, 1.82) is 0 Å². The molecule has 1 aliphatic heterocycles. The number of ketones is 1. The van der Waals surface area contributed by atoms with Gasteiger partial charge in [-0.2, -0.15) is 0 Å². The number of carbonyl (C=O) groups is 3. The van der Waals surface area contributed by atoms with Crippen LogP contribution in [-0.4, -0.2) is 79.5 Å². The first-order chi connectivity index (χ1) is 20.8. The summed E-state index contributed by atoms with van der Waals surface area (Å²) in [5, 5.41) is 26.0. The zero-order chi connectivity index (χ0) is 32.4. The van der Waals surface area contributed by atoms with Crippen molar-refractivity contribution in [2.75, 3.05) is 37.6 Å². The number of piperidine rings is 1. The van der Waals surface area contributed by atoms with E-state index in [1.165, 1.54) is 53.9 Å². The quantitative estimate of drug-likeness (QED) is 0.144. The molecule has 0 unspecified atom stereocenters. The number of carboxylic acid groups (broad SMARTS) is 2. The second-order valence-electron chi connectivity index (χ2n) is 9.60. The number of methoxy groups -OCH3 is 1. The summed E-state index contributed by atoms with van der Waals surface area (Å²) < 4.78 is 47.3. The Morgan fingerprint density at radius 2 is 1.61 bits per heavy atom. The van der Waals surface area contributed by atoms with Gasteiger partial charge in [0.05, 0.1) is 22.6 Å². The summed E-state index contributed by atoms with van der Waals surface area (Å²) in [6.45, 7) is 1.63. The van der Waals surface area contributed by atoms with Crippen molar-refractivity contribution in [2.24, 2.45) is 5.92 Å². The van der Waals surface area contributed by atoms with Gasteiger partial charge in [-0.25, -0.2) is 22.4 Å². The number of carboxylic acids is 2. The van der Waals surface area contributed by atoms with Crippen LogP contribution in [0.25, 0.3) is 0 Å². The Labute approximate surface area is 252 Å². The molecule has 0 saturated carbocycles. The Morgan fingerprint density at radius 3 is 2.18 bits per heavy atom. The number of non-ortho nitro benzene ring substituents is 1. The third kappa shape index (κ3) is 8.58. The second-order valence-corrected chi connectivity index (χ2v) is 11.5. The zero-order valence-electron chi connectivity index (χ0n) is 23.5. The van der Waals surface area contributed by atoms with E-state index in [0.717, 1.165) is 6.07 Å². The van der Waals surface area contributed by atoms with Crippen molar-refractivity contribution >= 4 is 39.1 Å². The van der Waals surface area contributed by atoms with Gasteiger partial charge in [0.1, 0.15) is 11.6 Å². The molecular weight excluding hydrogens is 601 g/mol. The number of sulfonamides is 1. The van der Waals surface area contributed by atoms with E-state index in [2.05, 4.69) is 4.90 Å². The van der Waals surface area contributed by atoms with Crippen LogP contribution in [0.3, 0.4) is 0 Å².